The predicted molar refractivity (Wildman–Crippen MR) is 79.5 cm³/mol. The van der Waals surface area contributed by atoms with Gasteiger partial charge in [-0.2, -0.15) is 13.2 Å². The van der Waals surface area contributed by atoms with Gasteiger partial charge in [-0.1, -0.05) is 0 Å². The van der Waals surface area contributed by atoms with E-state index in [1.165, 1.54) is 0 Å². The molecule has 1 fully saturated rings. The van der Waals surface area contributed by atoms with Crippen molar-refractivity contribution in [2.75, 3.05) is 6.54 Å². The SMILES string of the molecule is CC1NCCCC1NS(=O)(=O)c1ccc(F)c(C(F)(F)F)c1.Cl. The highest BCUT2D eigenvalue weighted by molar-refractivity contribution is 7.89. The van der Waals surface area contributed by atoms with Crippen LogP contribution in [0.5, 0.6) is 0 Å². The summed E-state index contributed by atoms with van der Waals surface area (Å²) in [6, 6.07) is 1.11. The molecule has 2 N–H and O–H groups in total. The second-order valence-corrected chi connectivity index (χ2v) is 6.97. The van der Waals surface area contributed by atoms with Crippen LogP contribution in [0.3, 0.4) is 0 Å². The van der Waals surface area contributed by atoms with E-state index in [0.717, 1.165) is 19.0 Å². The number of halogens is 5. The van der Waals surface area contributed by atoms with Crippen LogP contribution in [-0.2, 0) is 16.2 Å². The van der Waals surface area contributed by atoms with Crippen molar-refractivity contribution in [1.29, 1.82) is 0 Å². The summed E-state index contributed by atoms with van der Waals surface area (Å²) < 4.78 is 78.0. The van der Waals surface area contributed by atoms with Crippen molar-refractivity contribution in [2.24, 2.45) is 0 Å². The molecule has 0 bridgehead atoms. The van der Waals surface area contributed by atoms with E-state index in [1.54, 1.807) is 6.92 Å². The van der Waals surface area contributed by atoms with E-state index >= 15 is 0 Å². The lowest BCUT2D eigenvalue weighted by Crippen LogP contribution is -2.51. The Labute approximate surface area is 138 Å². The summed E-state index contributed by atoms with van der Waals surface area (Å²) in [6.07, 6.45) is -3.61. The van der Waals surface area contributed by atoms with Gasteiger partial charge in [-0.15, -0.1) is 12.4 Å². The molecule has 23 heavy (non-hydrogen) atoms. The molecule has 0 amide bonds. The summed E-state index contributed by atoms with van der Waals surface area (Å²) in [5.41, 5.74) is -1.59. The van der Waals surface area contributed by atoms with Gasteiger partial charge < -0.3 is 5.32 Å². The monoisotopic (exact) mass is 376 g/mol. The Balaban J connectivity index is 0.00000264. The van der Waals surface area contributed by atoms with Crippen molar-refractivity contribution < 1.29 is 26.0 Å². The molecule has 0 aromatic heterocycles. The molecule has 2 atom stereocenters. The fourth-order valence-corrected chi connectivity index (χ4v) is 3.74. The molecular formula is C13H17ClF4N2O2S. The number of alkyl halides is 3. The molecule has 1 heterocycles. The summed E-state index contributed by atoms with van der Waals surface area (Å²) >= 11 is 0. The Hall–Kier alpha value is -0.900. The van der Waals surface area contributed by atoms with Crippen LogP contribution in [0.15, 0.2) is 23.1 Å². The first-order chi connectivity index (χ1) is 10.1. The molecule has 0 radical (unpaired) electrons. The smallest absolute Gasteiger partial charge is 0.313 e. The third-order valence-corrected chi connectivity index (χ3v) is 5.11. The summed E-state index contributed by atoms with van der Waals surface area (Å²) in [7, 11) is -4.15. The van der Waals surface area contributed by atoms with Crippen LogP contribution in [0, 0.1) is 5.82 Å². The van der Waals surface area contributed by atoms with Crippen molar-refractivity contribution in [3.05, 3.63) is 29.6 Å². The van der Waals surface area contributed by atoms with Crippen LogP contribution in [0.25, 0.3) is 0 Å². The number of piperidine rings is 1. The van der Waals surface area contributed by atoms with E-state index in [-0.39, 0.29) is 18.4 Å². The highest BCUT2D eigenvalue weighted by atomic mass is 35.5. The van der Waals surface area contributed by atoms with Gasteiger partial charge in [0.2, 0.25) is 10.0 Å². The Bertz CT molecular complexity index is 652. The summed E-state index contributed by atoms with van der Waals surface area (Å²) in [6.45, 7) is 2.55. The number of hydrogen-bond acceptors (Lipinski definition) is 3. The minimum atomic E-state index is -4.95. The van der Waals surface area contributed by atoms with Gasteiger partial charge in [-0.3, -0.25) is 0 Å². The molecule has 1 aromatic rings. The molecule has 0 saturated carbocycles. The number of benzene rings is 1. The summed E-state index contributed by atoms with van der Waals surface area (Å²) in [5, 5.41) is 3.08. The first-order valence-electron chi connectivity index (χ1n) is 6.74. The second kappa shape index (κ2) is 7.33. The van der Waals surface area contributed by atoms with Crippen molar-refractivity contribution in [1.82, 2.24) is 10.0 Å². The van der Waals surface area contributed by atoms with Gasteiger partial charge in [0.05, 0.1) is 10.5 Å². The topological polar surface area (TPSA) is 58.2 Å². The molecule has 132 valence electrons. The number of sulfonamides is 1. The standard InChI is InChI=1S/C13H16F4N2O2S.ClH/c1-8-12(3-2-6-18-8)19-22(20,21)9-4-5-11(14)10(7-9)13(15,16)17;/h4-5,7-8,12,18-19H,2-3,6H2,1H3;1H. The summed E-state index contributed by atoms with van der Waals surface area (Å²) in [5.74, 6) is -1.50. The molecular weight excluding hydrogens is 360 g/mol. The van der Waals surface area contributed by atoms with Gasteiger partial charge in [-0.05, 0) is 44.5 Å². The fourth-order valence-electron chi connectivity index (χ4n) is 2.36. The molecule has 1 saturated heterocycles. The number of nitrogens with one attached hydrogen (secondary N) is 2. The quantitative estimate of drug-likeness (QED) is 0.797. The van der Waals surface area contributed by atoms with E-state index < -0.39 is 38.5 Å². The molecule has 4 nitrogen and oxygen atoms in total. The van der Waals surface area contributed by atoms with Gasteiger partial charge >= 0.3 is 6.18 Å². The zero-order chi connectivity index (χ0) is 16.5. The molecule has 1 aliphatic rings. The lowest BCUT2D eigenvalue weighted by Gasteiger charge is -2.30. The zero-order valence-electron chi connectivity index (χ0n) is 12.2. The second-order valence-electron chi connectivity index (χ2n) is 5.25. The number of rotatable bonds is 3. The van der Waals surface area contributed by atoms with Crippen LogP contribution in [0.1, 0.15) is 25.3 Å². The van der Waals surface area contributed by atoms with Gasteiger partial charge in [0.25, 0.3) is 0 Å². The molecule has 1 aromatic carbocycles. The maximum absolute atomic E-state index is 13.2. The molecule has 0 aliphatic carbocycles. The third kappa shape index (κ3) is 4.79. The van der Waals surface area contributed by atoms with Crippen LogP contribution in [0.2, 0.25) is 0 Å². The third-order valence-electron chi connectivity index (χ3n) is 3.62. The average molecular weight is 377 g/mol. The summed E-state index contributed by atoms with van der Waals surface area (Å²) in [4.78, 5) is -0.598. The van der Waals surface area contributed by atoms with Crippen molar-refractivity contribution in [3.8, 4) is 0 Å². The highest BCUT2D eigenvalue weighted by Gasteiger charge is 2.36. The molecule has 10 heteroatoms. The van der Waals surface area contributed by atoms with Gasteiger partial charge in [0.1, 0.15) is 5.82 Å². The first kappa shape index (κ1) is 20.1. The Morgan fingerprint density at radius 1 is 1.30 bits per heavy atom. The predicted octanol–water partition coefficient (Wildman–Crippen LogP) is 2.69. The normalized spacial score (nSPS) is 22.5. The molecule has 1 aliphatic heterocycles. The van der Waals surface area contributed by atoms with E-state index in [4.69, 9.17) is 0 Å². The molecule has 2 unspecified atom stereocenters. The van der Waals surface area contributed by atoms with Crippen LogP contribution >= 0.6 is 12.4 Å². The van der Waals surface area contributed by atoms with Crippen molar-refractivity contribution >= 4 is 22.4 Å². The van der Waals surface area contributed by atoms with E-state index in [0.29, 0.717) is 18.6 Å². The van der Waals surface area contributed by atoms with Crippen molar-refractivity contribution in [2.45, 2.75) is 42.9 Å². The number of hydrogen-bond donors (Lipinski definition) is 2. The lowest BCUT2D eigenvalue weighted by atomic mass is 10.0. The minimum absolute atomic E-state index is 0. The molecule has 0 spiro atoms. The largest absolute Gasteiger partial charge is 0.419 e. The van der Waals surface area contributed by atoms with Gasteiger partial charge in [0, 0.05) is 12.1 Å². The first-order valence-corrected chi connectivity index (χ1v) is 8.22. The van der Waals surface area contributed by atoms with Crippen molar-refractivity contribution in [3.63, 3.8) is 0 Å². The maximum atomic E-state index is 13.2. The van der Waals surface area contributed by atoms with Crippen LogP contribution in [-0.4, -0.2) is 27.0 Å². The Morgan fingerprint density at radius 2 is 1.96 bits per heavy atom. The zero-order valence-corrected chi connectivity index (χ0v) is 13.8. The van der Waals surface area contributed by atoms with Gasteiger partial charge in [-0.25, -0.2) is 17.5 Å². The van der Waals surface area contributed by atoms with E-state index in [1.807, 2.05) is 0 Å². The van der Waals surface area contributed by atoms with Gasteiger partial charge in [0.15, 0.2) is 0 Å². The fraction of sp³-hybridized carbons (Fsp3) is 0.538. The van der Waals surface area contributed by atoms with E-state index in [2.05, 4.69) is 10.0 Å². The Morgan fingerprint density at radius 3 is 2.52 bits per heavy atom. The minimum Gasteiger partial charge on any atom is -0.313 e. The van der Waals surface area contributed by atoms with E-state index in [9.17, 15) is 26.0 Å². The van der Waals surface area contributed by atoms with Crippen LogP contribution < -0.4 is 10.0 Å². The molecule has 2 rings (SSSR count). The highest BCUT2D eigenvalue weighted by Crippen LogP contribution is 2.32. The van der Waals surface area contributed by atoms with Crippen LogP contribution in [0.4, 0.5) is 17.6 Å². The lowest BCUT2D eigenvalue weighted by molar-refractivity contribution is -0.140. The Kier molecular flexibility index (Phi) is 6.42. The maximum Gasteiger partial charge on any atom is 0.419 e. The average Bonchev–Trinajstić information content (AvgIpc) is 2.40.